The van der Waals surface area contributed by atoms with Gasteiger partial charge in [0.05, 0.1) is 6.26 Å². The number of hydrogen-bond acceptors (Lipinski definition) is 4. The van der Waals surface area contributed by atoms with E-state index in [1.165, 1.54) is 11.8 Å². The number of furan rings is 1. The van der Waals surface area contributed by atoms with Crippen LogP contribution in [0.1, 0.15) is 41.8 Å². The van der Waals surface area contributed by atoms with Crippen LogP contribution in [0.15, 0.2) is 47.1 Å². The number of rotatable bonds is 5. The molecule has 0 unspecified atom stereocenters. The van der Waals surface area contributed by atoms with E-state index in [4.69, 9.17) is 16.0 Å². The summed E-state index contributed by atoms with van der Waals surface area (Å²) in [7, 11) is 0. The lowest BCUT2D eigenvalue weighted by atomic mass is 9.94. The molecule has 0 atom stereocenters. The Morgan fingerprint density at radius 1 is 1.00 bits per heavy atom. The summed E-state index contributed by atoms with van der Waals surface area (Å²) in [5, 5.41) is 4.01. The number of hydrogen-bond donors (Lipinski definition) is 1. The largest absolute Gasteiger partial charge is 0.459 e. The van der Waals surface area contributed by atoms with Crippen molar-refractivity contribution in [3.8, 4) is 0 Å². The zero-order valence-electron chi connectivity index (χ0n) is 17.1. The zero-order chi connectivity index (χ0) is 20.9. The van der Waals surface area contributed by atoms with Crippen LogP contribution < -0.4 is 5.32 Å². The second kappa shape index (κ2) is 9.67. The lowest BCUT2D eigenvalue weighted by Gasteiger charge is -2.35. The van der Waals surface area contributed by atoms with E-state index in [0.29, 0.717) is 31.7 Å². The van der Waals surface area contributed by atoms with E-state index >= 15 is 0 Å². The van der Waals surface area contributed by atoms with E-state index in [9.17, 15) is 9.59 Å². The number of amides is 2. The van der Waals surface area contributed by atoms with E-state index in [1.54, 1.807) is 17.0 Å². The van der Waals surface area contributed by atoms with Crippen LogP contribution in [0.4, 0.5) is 0 Å². The molecule has 1 aromatic heterocycles. The highest BCUT2D eigenvalue weighted by Gasteiger charge is 2.30. The van der Waals surface area contributed by atoms with Crippen LogP contribution in [0.2, 0.25) is 5.02 Å². The Morgan fingerprint density at radius 2 is 1.70 bits per heavy atom. The highest BCUT2D eigenvalue weighted by Crippen LogP contribution is 2.21. The standard InChI is InChI=1S/C23H28ClN3O3/c24-19-5-3-17(4-6-19)16-26-11-9-20(10-12-26)25-22(28)18-7-13-27(14-8-18)23(29)21-2-1-15-30-21/h1-6,15,18,20H,7-14,16H2,(H,25,28). The highest BCUT2D eigenvalue weighted by molar-refractivity contribution is 6.30. The van der Waals surface area contributed by atoms with Crippen LogP contribution in [-0.4, -0.2) is 53.8 Å². The third kappa shape index (κ3) is 5.24. The van der Waals surface area contributed by atoms with Crippen molar-refractivity contribution in [2.45, 2.75) is 38.3 Å². The van der Waals surface area contributed by atoms with Crippen LogP contribution in [0.5, 0.6) is 0 Å². The molecule has 2 aliphatic heterocycles. The summed E-state index contributed by atoms with van der Waals surface area (Å²) in [5.74, 6) is 0.393. The molecular formula is C23H28ClN3O3. The first-order valence-corrected chi connectivity index (χ1v) is 11.1. The second-order valence-corrected chi connectivity index (χ2v) is 8.67. The molecule has 0 saturated carbocycles. The van der Waals surface area contributed by atoms with Crippen LogP contribution in [0, 0.1) is 5.92 Å². The normalized spacial score (nSPS) is 19.0. The lowest BCUT2D eigenvalue weighted by molar-refractivity contribution is -0.127. The van der Waals surface area contributed by atoms with Gasteiger partial charge in [-0.1, -0.05) is 23.7 Å². The number of benzene rings is 1. The molecule has 1 aromatic carbocycles. The first-order chi connectivity index (χ1) is 14.6. The van der Waals surface area contributed by atoms with Crippen molar-refractivity contribution in [2.24, 2.45) is 5.92 Å². The molecule has 7 heteroatoms. The van der Waals surface area contributed by atoms with Gasteiger partial charge in [0, 0.05) is 49.7 Å². The van der Waals surface area contributed by atoms with Crippen LogP contribution in [-0.2, 0) is 11.3 Å². The summed E-state index contributed by atoms with van der Waals surface area (Å²) in [6, 6.07) is 11.6. The van der Waals surface area contributed by atoms with Gasteiger partial charge in [0.25, 0.3) is 5.91 Å². The monoisotopic (exact) mass is 429 g/mol. The van der Waals surface area contributed by atoms with Gasteiger partial charge in [-0.25, -0.2) is 0 Å². The van der Waals surface area contributed by atoms with Crippen LogP contribution >= 0.6 is 11.6 Å². The molecule has 2 aromatic rings. The minimum atomic E-state index is -0.0908. The summed E-state index contributed by atoms with van der Waals surface area (Å²) in [6.07, 6.45) is 4.85. The summed E-state index contributed by atoms with van der Waals surface area (Å²) >= 11 is 5.96. The number of halogens is 1. The summed E-state index contributed by atoms with van der Waals surface area (Å²) in [5.41, 5.74) is 1.26. The first-order valence-electron chi connectivity index (χ1n) is 10.7. The van der Waals surface area contributed by atoms with Crippen molar-refractivity contribution in [2.75, 3.05) is 26.2 Å². The molecule has 30 heavy (non-hydrogen) atoms. The number of nitrogens with one attached hydrogen (secondary N) is 1. The van der Waals surface area contributed by atoms with Gasteiger partial charge in [-0.2, -0.15) is 0 Å². The number of nitrogens with zero attached hydrogens (tertiary/aromatic N) is 2. The highest BCUT2D eigenvalue weighted by atomic mass is 35.5. The smallest absolute Gasteiger partial charge is 0.289 e. The molecule has 1 N–H and O–H groups in total. The molecule has 0 aliphatic carbocycles. The molecule has 0 bridgehead atoms. The SMILES string of the molecule is O=C(NC1CCN(Cc2ccc(Cl)cc2)CC1)C1CCN(C(=O)c2ccco2)CC1. The fourth-order valence-electron chi connectivity index (χ4n) is 4.30. The predicted molar refractivity (Wildman–Crippen MR) is 115 cm³/mol. The molecule has 2 fully saturated rings. The van der Waals surface area contributed by atoms with Crippen LogP contribution in [0.3, 0.4) is 0 Å². The van der Waals surface area contributed by atoms with E-state index in [1.807, 2.05) is 12.1 Å². The molecule has 3 heterocycles. The fourth-order valence-corrected chi connectivity index (χ4v) is 4.43. The summed E-state index contributed by atoms with van der Waals surface area (Å²) in [4.78, 5) is 29.3. The Bertz CT molecular complexity index is 837. The van der Waals surface area contributed by atoms with E-state index < -0.39 is 0 Å². The number of likely N-dealkylation sites (tertiary alicyclic amines) is 2. The second-order valence-electron chi connectivity index (χ2n) is 8.23. The summed E-state index contributed by atoms with van der Waals surface area (Å²) < 4.78 is 5.19. The quantitative estimate of drug-likeness (QED) is 0.789. The predicted octanol–water partition coefficient (Wildman–Crippen LogP) is 3.57. The van der Waals surface area contributed by atoms with Crippen molar-refractivity contribution in [3.05, 3.63) is 59.0 Å². The number of piperidine rings is 2. The topological polar surface area (TPSA) is 65.8 Å². The Hall–Kier alpha value is -2.31. The fraction of sp³-hybridized carbons (Fsp3) is 0.478. The van der Waals surface area contributed by atoms with E-state index in [-0.39, 0.29) is 23.8 Å². The molecule has 0 radical (unpaired) electrons. The van der Waals surface area contributed by atoms with Gasteiger partial charge in [-0.15, -0.1) is 0 Å². The molecule has 2 amide bonds. The molecule has 0 spiro atoms. The van der Waals surface area contributed by atoms with Gasteiger partial charge in [0.1, 0.15) is 0 Å². The Kier molecular flexibility index (Phi) is 6.75. The van der Waals surface area contributed by atoms with E-state index in [0.717, 1.165) is 37.5 Å². The van der Waals surface area contributed by atoms with Crippen molar-refractivity contribution < 1.29 is 14.0 Å². The molecule has 4 rings (SSSR count). The Labute approximate surface area is 182 Å². The van der Waals surface area contributed by atoms with Crippen molar-refractivity contribution in [3.63, 3.8) is 0 Å². The maximum absolute atomic E-state index is 12.7. The average Bonchev–Trinajstić information content (AvgIpc) is 3.31. The van der Waals surface area contributed by atoms with Gasteiger partial charge in [-0.3, -0.25) is 14.5 Å². The maximum atomic E-state index is 12.7. The molecule has 2 saturated heterocycles. The lowest BCUT2D eigenvalue weighted by Crippen LogP contribution is -2.48. The van der Waals surface area contributed by atoms with Crippen molar-refractivity contribution in [1.29, 1.82) is 0 Å². The van der Waals surface area contributed by atoms with Gasteiger partial charge in [0.15, 0.2) is 5.76 Å². The minimum absolute atomic E-state index is 0.0160. The van der Waals surface area contributed by atoms with E-state index in [2.05, 4.69) is 22.3 Å². The number of carbonyl (C=O) groups excluding carboxylic acids is 2. The molecule has 2 aliphatic rings. The Morgan fingerprint density at radius 3 is 2.33 bits per heavy atom. The Balaban J connectivity index is 1.18. The van der Waals surface area contributed by atoms with Gasteiger partial charge in [0.2, 0.25) is 5.91 Å². The van der Waals surface area contributed by atoms with Crippen molar-refractivity contribution in [1.82, 2.24) is 15.1 Å². The van der Waals surface area contributed by atoms with Gasteiger partial charge < -0.3 is 14.6 Å². The molecular weight excluding hydrogens is 402 g/mol. The minimum Gasteiger partial charge on any atom is -0.459 e. The van der Waals surface area contributed by atoms with Crippen LogP contribution in [0.25, 0.3) is 0 Å². The third-order valence-corrected chi connectivity index (χ3v) is 6.39. The van der Waals surface area contributed by atoms with Gasteiger partial charge in [-0.05, 0) is 55.5 Å². The average molecular weight is 430 g/mol. The van der Waals surface area contributed by atoms with Gasteiger partial charge >= 0.3 is 0 Å². The molecule has 6 nitrogen and oxygen atoms in total. The summed E-state index contributed by atoms with van der Waals surface area (Å²) in [6.45, 7) is 4.06. The zero-order valence-corrected chi connectivity index (χ0v) is 17.8. The first kappa shape index (κ1) is 20.9. The third-order valence-electron chi connectivity index (χ3n) is 6.14. The maximum Gasteiger partial charge on any atom is 0.289 e. The molecule has 160 valence electrons. The van der Waals surface area contributed by atoms with Crippen molar-refractivity contribution >= 4 is 23.4 Å². The number of carbonyl (C=O) groups is 2.